The van der Waals surface area contributed by atoms with Crippen molar-refractivity contribution in [2.75, 3.05) is 7.11 Å². The van der Waals surface area contributed by atoms with E-state index in [-0.39, 0.29) is 17.2 Å². The molecule has 0 amide bonds. The lowest BCUT2D eigenvalue weighted by Gasteiger charge is -2.06. The summed E-state index contributed by atoms with van der Waals surface area (Å²) in [7, 11) is 1.28. The SMILES string of the molecule is COC(=O)c1cccc(C(=O)c2c(-c3ccccc3C)nn3cc(C)ccc23)n1. The summed E-state index contributed by atoms with van der Waals surface area (Å²) in [6.07, 6.45) is 1.88. The zero-order valence-electron chi connectivity index (χ0n) is 16.3. The molecule has 6 nitrogen and oxygen atoms in total. The van der Waals surface area contributed by atoms with Gasteiger partial charge in [0.25, 0.3) is 0 Å². The largest absolute Gasteiger partial charge is 0.464 e. The van der Waals surface area contributed by atoms with Crippen LogP contribution in [-0.2, 0) is 4.74 Å². The molecule has 29 heavy (non-hydrogen) atoms. The summed E-state index contributed by atoms with van der Waals surface area (Å²) in [4.78, 5) is 29.6. The Morgan fingerprint density at radius 3 is 2.45 bits per heavy atom. The average Bonchev–Trinajstić information content (AvgIpc) is 3.11. The predicted octanol–water partition coefficient (Wildman–Crippen LogP) is 4.03. The van der Waals surface area contributed by atoms with E-state index in [0.717, 1.165) is 16.7 Å². The van der Waals surface area contributed by atoms with Gasteiger partial charge >= 0.3 is 5.97 Å². The van der Waals surface area contributed by atoms with Crippen molar-refractivity contribution in [2.24, 2.45) is 0 Å². The van der Waals surface area contributed by atoms with Gasteiger partial charge in [-0.05, 0) is 43.2 Å². The smallest absolute Gasteiger partial charge is 0.356 e. The van der Waals surface area contributed by atoms with Gasteiger partial charge in [0, 0.05) is 11.8 Å². The van der Waals surface area contributed by atoms with Gasteiger partial charge in [-0.1, -0.05) is 36.4 Å². The molecule has 0 aliphatic rings. The van der Waals surface area contributed by atoms with E-state index in [9.17, 15) is 9.59 Å². The minimum Gasteiger partial charge on any atom is -0.464 e. The number of carbonyl (C=O) groups is 2. The van der Waals surface area contributed by atoms with Gasteiger partial charge < -0.3 is 4.74 Å². The molecule has 0 aliphatic heterocycles. The summed E-state index contributed by atoms with van der Waals surface area (Å²) in [6, 6.07) is 16.3. The number of aryl methyl sites for hydroxylation is 2. The molecule has 0 N–H and O–H groups in total. The summed E-state index contributed by atoms with van der Waals surface area (Å²) >= 11 is 0. The third-order valence-electron chi connectivity index (χ3n) is 4.78. The number of methoxy groups -OCH3 is 1. The number of hydrogen-bond donors (Lipinski definition) is 0. The third-order valence-corrected chi connectivity index (χ3v) is 4.78. The molecule has 0 spiro atoms. The Hall–Kier alpha value is -3.80. The fourth-order valence-electron chi connectivity index (χ4n) is 3.31. The number of aromatic nitrogens is 3. The van der Waals surface area contributed by atoms with Crippen LogP contribution in [0.25, 0.3) is 16.8 Å². The molecule has 1 aromatic carbocycles. The molecule has 3 aromatic heterocycles. The molecular weight excluding hydrogens is 366 g/mol. The van der Waals surface area contributed by atoms with Crippen LogP contribution in [0.4, 0.5) is 0 Å². The Balaban J connectivity index is 1.95. The number of nitrogens with zero attached hydrogens (tertiary/aromatic N) is 3. The Labute approximate surface area is 167 Å². The van der Waals surface area contributed by atoms with E-state index in [2.05, 4.69) is 4.98 Å². The molecule has 0 radical (unpaired) electrons. The number of carbonyl (C=O) groups excluding carboxylic acids is 2. The standard InChI is InChI=1S/C23H19N3O3/c1-14-11-12-19-20(22(27)17-9-6-10-18(24-17)23(28)29-3)21(25-26(19)13-14)16-8-5-4-7-15(16)2/h4-13H,1-3H3. The van der Waals surface area contributed by atoms with E-state index >= 15 is 0 Å². The van der Waals surface area contributed by atoms with Gasteiger partial charge in [-0.15, -0.1) is 0 Å². The van der Waals surface area contributed by atoms with Crippen molar-refractivity contribution < 1.29 is 14.3 Å². The lowest BCUT2D eigenvalue weighted by molar-refractivity contribution is 0.0594. The van der Waals surface area contributed by atoms with E-state index in [0.29, 0.717) is 16.8 Å². The molecule has 0 atom stereocenters. The number of pyridine rings is 2. The second-order valence-corrected chi connectivity index (χ2v) is 6.80. The highest BCUT2D eigenvalue weighted by molar-refractivity contribution is 6.16. The molecule has 0 saturated heterocycles. The normalized spacial score (nSPS) is 10.9. The van der Waals surface area contributed by atoms with Crippen molar-refractivity contribution >= 4 is 17.3 Å². The Morgan fingerprint density at radius 1 is 0.931 bits per heavy atom. The van der Waals surface area contributed by atoms with Crippen molar-refractivity contribution in [2.45, 2.75) is 13.8 Å². The van der Waals surface area contributed by atoms with Gasteiger partial charge in [-0.3, -0.25) is 4.79 Å². The van der Waals surface area contributed by atoms with Gasteiger partial charge in [0.1, 0.15) is 17.1 Å². The van der Waals surface area contributed by atoms with Gasteiger partial charge in [-0.2, -0.15) is 5.10 Å². The van der Waals surface area contributed by atoms with Crippen LogP contribution >= 0.6 is 0 Å². The molecule has 0 aliphatic carbocycles. The summed E-state index contributed by atoms with van der Waals surface area (Å²) in [5.41, 5.74) is 4.89. The van der Waals surface area contributed by atoms with Crippen molar-refractivity contribution in [1.29, 1.82) is 0 Å². The highest BCUT2D eigenvalue weighted by Gasteiger charge is 2.24. The molecular formula is C23H19N3O3. The average molecular weight is 385 g/mol. The first kappa shape index (κ1) is 18.6. The minimum absolute atomic E-state index is 0.0862. The molecule has 0 unspecified atom stereocenters. The van der Waals surface area contributed by atoms with Crippen LogP contribution in [0.15, 0.2) is 60.8 Å². The van der Waals surface area contributed by atoms with Crippen LogP contribution < -0.4 is 0 Å². The summed E-state index contributed by atoms with van der Waals surface area (Å²) in [6.45, 7) is 3.95. The molecule has 144 valence electrons. The van der Waals surface area contributed by atoms with Gasteiger partial charge in [0.2, 0.25) is 5.78 Å². The Bertz CT molecular complexity index is 1260. The zero-order chi connectivity index (χ0) is 20.5. The number of benzene rings is 1. The van der Waals surface area contributed by atoms with E-state index in [1.54, 1.807) is 16.6 Å². The Morgan fingerprint density at radius 2 is 1.69 bits per heavy atom. The van der Waals surface area contributed by atoms with E-state index < -0.39 is 5.97 Å². The first-order valence-corrected chi connectivity index (χ1v) is 9.14. The number of esters is 1. The fraction of sp³-hybridized carbons (Fsp3) is 0.130. The number of hydrogen-bond acceptors (Lipinski definition) is 5. The topological polar surface area (TPSA) is 73.6 Å². The molecule has 4 rings (SSSR count). The lowest BCUT2D eigenvalue weighted by atomic mass is 9.98. The number of rotatable bonds is 4. The third kappa shape index (κ3) is 3.29. The monoisotopic (exact) mass is 385 g/mol. The maximum absolute atomic E-state index is 13.5. The first-order chi connectivity index (χ1) is 14.0. The highest BCUT2D eigenvalue weighted by Crippen LogP contribution is 2.30. The molecule has 6 heteroatoms. The fourth-order valence-corrected chi connectivity index (χ4v) is 3.31. The van der Waals surface area contributed by atoms with Crippen LogP contribution in [-0.4, -0.2) is 33.5 Å². The van der Waals surface area contributed by atoms with E-state index in [4.69, 9.17) is 9.84 Å². The Kier molecular flexibility index (Phi) is 4.68. The highest BCUT2D eigenvalue weighted by atomic mass is 16.5. The van der Waals surface area contributed by atoms with Crippen LogP contribution in [0, 0.1) is 13.8 Å². The molecule has 0 saturated carbocycles. The van der Waals surface area contributed by atoms with Gasteiger partial charge in [-0.25, -0.2) is 14.3 Å². The van der Waals surface area contributed by atoms with Crippen LogP contribution in [0.2, 0.25) is 0 Å². The van der Waals surface area contributed by atoms with Crippen LogP contribution in [0.1, 0.15) is 37.7 Å². The van der Waals surface area contributed by atoms with Gasteiger partial charge in [0.05, 0.1) is 18.2 Å². The quantitative estimate of drug-likeness (QED) is 0.392. The molecule has 4 aromatic rings. The van der Waals surface area contributed by atoms with E-state index in [1.807, 2.05) is 56.4 Å². The summed E-state index contributed by atoms with van der Waals surface area (Å²) < 4.78 is 6.44. The van der Waals surface area contributed by atoms with Crippen molar-refractivity contribution in [3.63, 3.8) is 0 Å². The predicted molar refractivity (Wildman–Crippen MR) is 109 cm³/mol. The summed E-state index contributed by atoms with van der Waals surface area (Å²) in [5, 5.41) is 4.70. The first-order valence-electron chi connectivity index (χ1n) is 9.14. The summed E-state index contributed by atoms with van der Waals surface area (Å²) in [5.74, 6) is -0.887. The second kappa shape index (κ2) is 7.31. The van der Waals surface area contributed by atoms with Crippen LogP contribution in [0.3, 0.4) is 0 Å². The number of fused-ring (bicyclic) bond motifs is 1. The zero-order valence-corrected chi connectivity index (χ0v) is 16.3. The van der Waals surface area contributed by atoms with Crippen molar-refractivity contribution in [3.05, 3.63) is 88.9 Å². The number of ether oxygens (including phenoxy) is 1. The van der Waals surface area contributed by atoms with Crippen molar-refractivity contribution in [3.8, 4) is 11.3 Å². The second-order valence-electron chi connectivity index (χ2n) is 6.80. The number of ketones is 1. The maximum Gasteiger partial charge on any atom is 0.356 e. The minimum atomic E-state index is -0.589. The molecule has 3 heterocycles. The van der Waals surface area contributed by atoms with Gasteiger partial charge in [0.15, 0.2) is 0 Å². The maximum atomic E-state index is 13.5. The van der Waals surface area contributed by atoms with Crippen LogP contribution in [0.5, 0.6) is 0 Å². The van der Waals surface area contributed by atoms with Crippen molar-refractivity contribution in [1.82, 2.24) is 14.6 Å². The lowest BCUT2D eigenvalue weighted by Crippen LogP contribution is -2.10. The van der Waals surface area contributed by atoms with E-state index in [1.165, 1.54) is 13.2 Å². The molecule has 0 fully saturated rings. The molecule has 0 bridgehead atoms.